The van der Waals surface area contributed by atoms with E-state index in [0.29, 0.717) is 0 Å². The van der Waals surface area contributed by atoms with E-state index in [1.807, 2.05) is 12.2 Å². The van der Waals surface area contributed by atoms with Gasteiger partial charge in [0, 0.05) is 0 Å². The van der Waals surface area contributed by atoms with Crippen molar-refractivity contribution in [1.29, 1.82) is 0 Å². The molecule has 0 atom stereocenters. The molecule has 1 heteroatoms. The fourth-order valence-corrected chi connectivity index (χ4v) is 1.34. The van der Waals surface area contributed by atoms with Crippen LogP contribution in [0.25, 0.3) is 0 Å². The Balaban J connectivity index is 0.000000246. The number of allylic oxidation sites excluding steroid dienone is 8. The molecule has 0 amide bonds. The van der Waals surface area contributed by atoms with Crippen LogP contribution >= 0.6 is 0 Å². The van der Waals surface area contributed by atoms with Crippen LogP contribution in [-0.4, -0.2) is 3.21 Å². The Morgan fingerprint density at radius 2 is 2.00 bits per heavy atom. The van der Waals surface area contributed by atoms with Crippen LogP contribution in [-0.2, 0) is 24.2 Å². The molecule has 0 unspecified atom stereocenters. The first-order chi connectivity index (χ1) is 8.07. The van der Waals surface area contributed by atoms with Gasteiger partial charge in [-0.25, -0.2) is 17.7 Å². The molecule has 0 saturated heterocycles. The van der Waals surface area contributed by atoms with E-state index in [0.717, 1.165) is 12.8 Å². The van der Waals surface area contributed by atoms with E-state index < -0.39 is 0 Å². The largest absolute Gasteiger partial charge is 0.273 e. The summed E-state index contributed by atoms with van der Waals surface area (Å²) in [4.78, 5) is 0. The molecular formula is C16H22Zr. The third-order valence-corrected chi connectivity index (χ3v) is 2.16. The first kappa shape index (κ1) is 16.7. The van der Waals surface area contributed by atoms with Crippen LogP contribution in [0.4, 0.5) is 0 Å². The van der Waals surface area contributed by atoms with Gasteiger partial charge in [-0.05, 0) is 0 Å². The van der Waals surface area contributed by atoms with Crippen LogP contribution < -0.4 is 0 Å². The molecule has 0 N–H and O–H groups in total. The minimum absolute atomic E-state index is 1.01. The fraction of sp³-hybridized carbons (Fsp3) is 0.438. The van der Waals surface area contributed by atoms with E-state index in [-0.39, 0.29) is 0 Å². The summed E-state index contributed by atoms with van der Waals surface area (Å²) in [5.74, 6) is 0. The maximum atomic E-state index is 3.24. The molecule has 2 rings (SSSR count). The van der Waals surface area contributed by atoms with Gasteiger partial charge in [0.15, 0.2) is 0 Å². The summed E-state index contributed by atoms with van der Waals surface area (Å²) in [6, 6.07) is 0. The molecule has 0 saturated carbocycles. The molecule has 0 fully saturated rings. The number of hydrogen-bond acceptors (Lipinski definition) is 0. The Morgan fingerprint density at radius 1 is 1.35 bits per heavy atom. The van der Waals surface area contributed by atoms with Crippen molar-refractivity contribution in [2.45, 2.75) is 47.0 Å². The topological polar surface area (TPSA) is 0 Å². The minimum Gasteiger partial charge on any atom is -0.273 e. The van der Waals surface area contributed by atoms with Crippen molar-refractivity contribution < 1.29 is 24.2 Å². The molecule has 2 aliphatic carbocycles. The molecule has 0 aromatic carbocycles. The van der Waals surface area contributed by atoms with Crippen LogP contribution in [0.2, 0.25) is 0 Å². The average molecular weight is 306 g/mol. The van der Waals surface area contributed by atoms with Crippen molar-refractivity contribution in [3.63, 3.8) is 0 Å². The summed E-state index contributed by atoms with van der Waals surface area (Å²) >= 11 is 1.55. The van der Waals surface area contributed by atoms with Gasteiger partial charge in [0.05, 0.1) is 0 Å². The Kier molecular flexibility index (Phi) is 10.7. The second kappa shape index (κ2) is 10.8. The molecule has 0 aromatic rings. The predicted molar refractivity (Wildman–Crippen MR) is 73.3 cm³/mol. The van der Waals surface area contributed by atoms with Crippen LogP contribution in [0.5, 0.6) is 0 Å². The van der Waals surface area contributed by atoms with Gasteiger partial charge in [-0.15, -0.1) is 12.8 Å². The van der Waals surface area contributed by atoms with E-state index in [2.05, 4.69) is 52.0 Å². The van der Waals surface area contributed by atoms with Crippen molar-refractivity contribution >= 4 is 3.21 Å². The zero-order chi connectivity index (χ0) is 13.1. The molecule has 2 aliphatic rings. The van der Waals surface area contributed by atoms with Crippen molar-refractivity contribution in [3.8, 4) is 0 Å². The van der Waals surface area contributed by atoms with Gasteiger partial charge in [-0.2, -0.15) is 17.7 Å². The van der Waals surface area contributed by atoms with Crippen molar-refractivity contribution in [3.05, 3.63) is 47.6 Å². The van der Waals surface area contributed by atoms with Gasteiger partial charge in [-0.1, -0.05) is 20.3 Å². The first-order valence-electron chi connectivity index (χ1n) is 6.08. The molecule has 17 heavy (non-hydrogen) atoms. The molecule has 0 spiro atoms. The zero-order valence-electron chi connectivity index (χ0n) is 11.4. The molecule has 0 radical (unpaired) electrons. The number of hydrogen-bond donors (Lipinski definition) is 0. The van der Waals surface area contributed by atoms with Gasteiger partial charge in [0.25, 0.3) is 0 Å². The smallest absolute Gasteiger partial charge is 0.109 e. The van der Waals surface area contributed by atoms with E-state index in [1.165, 1.54) is 20.8 Å². The maximum absolute atomic E-state index is 3.24. The fourth-order valence-electron chi connectivity index (χ4n) is 1.34. The summed E-state index contributed by atoms with van der Waals surface area (Å²) in [5, 5.41) is 0. The molecule has 90 valence electrons. The Hall–Kier alpha value is -0.287. The van der Waals surface area contributed by atoms with E-state index in [4.69, 9.17) is 0 Å². The Bertz CT molecular complexity index is 327. The summed E-state index contributed by atoms with van der Waals surface area (Å²) in [6.45, 7) is 8.56. The number of rotatable bonds is 1. The SMILES string of the molecule is CCC1=CC[C-]=C1C.C[C](C)=[Zr+2].[C-]1=CC=CC1. The predicted octanol–water partition coefficient (Wildman–Crippen LogP) is 4.53. The van der Waals surface area contributed by atoms with Crippen LogP contribution in [0.1, 0.15) is 47.0 Å². The average Bonchev–Trinajstić information content (AvgIpc) is 2.89. The first-order valence-corrected chi connectivity index (χ1v) is 7.31. The van der Waals surface area contributed by atoms with E-state index >= 15 is 0 Å². The van der Waals surface area contributed by atoms with E-state index in [1.54, 1.807) is 24.2 Å². The van der Waals surface area contributed by atoms with Gasteiger partial charge in [-0.3, -0.25) is 12.2 Å². The van der Waals surface area contributed by atoms with Gasteiger partial charge >= 0.3 is 41.3 Å². The maximum Gasteiger partial charge on any atom is -0.109 e. The monoisotopic (exact) mass is 304 g/mol. The quantitative estimate of drug-likeness (QED) is 0.625. The van der Waals surface area contributed by atoms with Gasteiger partial charge < -0.3 is 0 Å². The summed E-state index contributed by atoms with van der Waals surface area (Å²) in [7, 11) is 0. The van der Waals surface area contributed by atoms with Crippen molar-refractivity contribution in [1.82, 2.24) is 0 Å². The third kappa shape index (κ3) is 10.6. The summed E-state index contributed by atoms with van der Waals surface area (Å²) in [6.07, 6.45) is 17.7. The molecule has 0 bridgehead atoms. The van der Waals surface area contributed by atoms with Crippen LogP contribution in [0.15, 0.2) is 35.5 Å². The standard InChI is InChI=1S/C8H11.C5H5.C3H6.Zr/c1-3-8-6-4-5-7(8)2;1-2-4-5-3-1;1-3-2;/h6H,3-4H2,1-2H3;1-3H,4H2;1-2H3;/q2*-1;;+2. The zero-order valence-corrected chi connectivity index (χ0v) is 13.9. The normalized spacial score (nSPS) is 15.4. The molecule has 0 aromatic heterocycles. The van der Waals surface area contributed by atoms with E-state index in [9.17, 15) is 0 Å². The van der Waals surface area contributed by atoms with Crippen molar-refractivity contribution in [2.75, 3.05) is 0 Å². The van der Waals surface area contributed by atoms with Crippen LogP contribution in [0.3, 0.4) is 0 Å². The summed E-state index contributed by atoms with van der Waals surface area (Å²) < 4.78 is 1.51. The Morgan fingerprint density at radius 3 is 2.18 bits per heavy atom. The second-order valence-electron chi connectivity index (χ2n) is 4.09. The van der Waals surface area contributed by atoms with Gasteiger partial charge in [0.1, 0.15) is 0 Å². The second-order valence-corrected chi connectivity index (χ2v) is 6.55. The third-order valence-electron chi connectivity index (χ3n) is 2.16. The summed E-state index contributed by atoms with van der Waals surface area (Å²) in [5.41, 5.74) is 2.83. The Labute approximate surface area is 122 Å². The molecule has 0 nitrogen and oxygen atoms in total. The minimum atomic E-state index is 1.01. The molecule has 0 heterocycles. The molecular weight excluding hydrogens is 283 g/mol. The molecule has 0 aliphatic heterocycles. The van der Waals surface area contributed by atoms with Crippen LogP contribution in [0, 0.1) is 12.2 Å². The van der Waals surface area contributed by atoms with Gasteiger partial charge in [0.2, 0.25) is 0 Å². The van der Waals surface area contributed by atoms with Crippen molar-refractivity contribution in [2.24, 2.45) is 0 Å².